The normalized spacial score (nSPS) is 12.8. The molecule has 0 radical (unpaired) electrons. The monoisotopic (exact) mass is 251 g/mol. The molecule has 0 aliphatic carbocycles. The molecule has 8 heteroatoms. The van der Waals surface area contributed by atoms with Crippen LogP contribution in [0.15, 0.2) is 12.7 Å². The lowest BCUT2D eigenvalue weighted by molar-refractivity contribution is -0.147. The van der Waals surface area contributed by atoms with Crippen molar-refractivity contribution >= 4 is 22.0 Å². The molecule has 2 N–H and O–H groups in total. The van der Waals surface area contributed by atoms with Crippen LogP contribution in [0.4, 0.5) is 0 Å². The molecule has 0 bridgehead atoms. The number of methoxy groups -OCH3 is 1. The number of carbonyl (C=O) groups is 2. The molecule has 0 aromatic carbocycles. The first-order chi connectivity index (χ1) is 7.32. The summed E-state index contributed by atoms with van der Waals surface area (Å²) < 4.78 is 28.5. The molecule has 0 unspecified atom stereocenters. The Balaban J connectivity index is 4.64. The summed E-state index contributed by atoms with van der Waals surface area (Å²) in [5, 5.41) is 8.69. The van der Waals surface area contributed by atoms with Gasteiger partial charge in [0.15, 0.2) is 0 Å². The van der Waals surface area contributed by atoms with E-state index in [9.17, 15) is 18.0 Å². The number of rotatable bonds is 7. The topological polar surface area (TPSA) is 110 Å². The van der Waals surface area contributed by atoms with Crippen molar-refractivity contribution in [2.24, 2.45) is 0 Å². The number of sulfonamides is 1. The molecule has 16 heavy (non-hydrogen) atoms. The molecule has 1 atom stereocenters. The van der Waals surface area contributed by atoms with Gasteiger partial charge in [0, 0.05) is 0 Å². The average molecular weight is 251 g/mol. The number of carboxylic acid groups (broad SMARTS) is 1. The van der Waals surface area contributed by atoms with E-state index in [0.717, 1.165) is 13.2 Å². The van der Waals surface area contributed by atoms with Gasteiger partial charge < -0.3 is 9.84 Å². The predicted molar refractivity (Wildman–Crippen MR) is 55.2 cm³/mol. The third kappa shape index (κ3) is 5.47. The van der Waals surface area contributed by atoms with Gasteiger partial charge in [-0.2, -0.15) is 0 Å². The number of ether oxygens (including phenoxy) is 1. The molecule has 0 aromatic heterocycles. The Morgan fingerprint density at radius 3 is 2.50 bits per heavy atom. The van der Waals surface area contributed by atoms with Crippen LogP contribution in [-0.4, -0.2) is 44.4 Å². The van der Waals surface area contributed by atoms with E-state index < -0.39 is 40.2 Å². The standard InChI is InChI=1S/C8H13NO6S/c1-3-4-16(13,14)9-6(8(11)12)5-7(10)15-2/h3,6,9H,1,4-5H2,2H3,(H,11,12)/t6-/m0/s1. The second kappa shape index (κ2) is 6.23. The van der Waals surface area contributed by atoms with Gasteiger partial charge in [-0.25, -0.2) is 13.1 Å². The highest BCUT2D eigenvalue weighted by atomic mass is 32.2. The number of aliphatic carboxylic acids is 1. The highest BCUT2D eigenvalue weighted by Crippen LogP contribution is 1.98. The first kappa shape index (κ1) is 14.6. The number of nitrogens with one attached hydrogen (secondary N) is 1. The minimum Gasteiger partial charge on any atom is -0.480 e. The van der Waals surface area contributed by atoms with Gasteiger partial charge in [0.1, 0.15) is 6.04 Å². The van der Waals surface area contributed by atoms with E-state index in [0.29, 0.717) is 0 Å². The molecule has 0 heterocycles. The van der Waals surface area contributed by atoms with E-state index in [1.54, 1.807) is 0 Å². The summed E-state index contributed by atoms with van der Waals surface area (Å²) in [7, 11) is -2.70. The Hall–Kier alpha value is -1.41. The van der Waals surface area contributed by atoms with E-state index in [1.165, 1.54) is 0 Å². The molecule has 0 saturated heterocycles. The van der Waals surface area contributed by atoms with Crippen molar-refractivity contribution in [3.05, 3.63) is 12.7 Å². The third-order valence-corrected chi connectivity index (χ3v) is 2.87. The van der Waals surface area contributed by atoms with Crippen LogP contribution >= 0.6 is 0 Å². The highest BCUT2D eigenvalue weighted by molar-refractivity contribution is 7.89. The summed E-state index contributed by atoms with van der Waals surface area (Å²) in [4.78, 5) is 21.5. The van der Waals surface area contributed by atoms with Crippen LogP contribution < -0.4 is 4.72 Å². The molecule has 0 spiro atoms. The molecule has 0 aliphatic rings. The first-order valence-electron chi connectivity index (χ1n) is 4.23. The summed E-state index contributed by atoms with van der Waals surface area (Å²) in [6.45, 7) is 3.22. The van der Waals surface area contributed by atoms with Crippen molar-refractivity contribution in [1.82, 2.24) is 4.72 Å². The minimum atomic E-state index is -3.79. The molecular weight excluding hydrogens is 238 g/mol. The zero-order valence-electron chi connectivity index (χ0n) is 8.67. The second-order valence-electron chi connectivity index (χ2n) is 2.86. The largest absolute Gasteiger partial charge is 0.480 e. The maximum atomic E-state index is 11.2. The van der Waals surface area contributed by atoms with Gasteiger partial charge in [0.2, 0.25) is 10.0 Å². The molecule has 0 aliphatic heterocycles. The number of carboxylic acids is 1. The highest BCUT2D eigenvalue weighted by Gasteiger charge is 2.26. The van der Waals surface area contributed by atoms with E-state index in [4.69, 9.17) is 5.11 Å². The van der Waals surface area contributed by atoms with Gasteiger partial charge in [-0.05, 0) is 0 Å². The average Bonchev–Trinajstić information content (AvgIpc) is 2.15. The second-order valence-corrected chi connectivity index (χ2v) is 4.66. The minimum absolute atomic E-state index is 0.419. The fourth-order valence-electron chi connectivity index (χ4n) is 0.849. The van der Waals surface area contributed by atoms with E-state index >= 15 is 0 Å². The van der Waals surface area contributed by atoms with Crippen molar-refractivity contribution in [2.45, 2.75) is 12.5 Å². The van der Waals surface area contributed by atoms with E-state index in [-0.39, 0.29) is 0 Å². The Morgan fingerprint density at radius 2 is 2.12 bits per heavy atom. The van der Waals surface area contributed by atoms with Crippen LogP contribution in [-0.2, 0) is 24.3 Å². The van der Waals surface area contributed by atoms with Crippen molar-refractivity contribution < 1.29 is 27.9 Å². The fourth-order valence-corrected chi connectivity index (χ4v) is 1.87. The molecule has 92 valence electrons. The van der Waals surface area contributed by atoms with Crippen molar-refractivity contribution in [2.75, 3.05) is 12.9 Å². The zero-order chi connectivity index (χ0) is 12.8. The van der Waals surface area contributed by atoms with Gasteiger partial charge in [0.05, 0.1) is 19.3 Å². The lowest BCUT2D eigenvalue weighted by Gasteiger charge is -2.12. The maximum absolute atomic E-state index is 11.2. The van der Waals surface area contributed by atoms with Crippen molar-refractivity contribution in [3.63, 3.8) is 0 Å². The number of carbonyl (C=O) groups excluding carboxylic acids is 1. The van der Waals surface area contributed by atoms with Crippen LogP contribution in [0.1, 0.15) is 6.42 Å². The van der Waals surface area contributed by atoms with E-state index in [2.05, 4.69) is 11.3 Å². The summed E-state index contributed by atoms with van der Waals surface area (Å²) in [5.41, 5.74) is 0. The summed E-state index contributed by atoms with van der Waals surface area (Å²) in [6, 6.07) is -1.53. The lowest BCUT2D eigenvalue weighted by atomic mass is 10.2. The molecule has 0 aromatic rings. The number of hydrogen-bond acceptors (Lipinski definition) is 5. The molecule has 0 fully saturated rings. The van der Waals surface area contributed by atoms with Gasteiger partial charge in [-0.3, -0.25) is 9.59 Å². The smallest absolute Gasteiger partial charge is 0.322 e. The van der Waals surface area contributed by atoms with Crippen LogP contribution in [0.25, 0.3) is 0 Å². The summed E-state index contributed by atoms with van der Waals surface area (Å²) in [5.74, 6) is -2.68. The van der Waals surface area contributed by atoms with Crippen LogP contribution in [0, 0.1) is 0 Å². The van der Waals surface area contributed by atoms with Crippen molar-refractivity contribution in [1.29, 1.82) is 0 Å². The molecule has 0 rings (SSSR count). The Kier molecular flexibility index (Phi) is 5.68. The molecule has 0 saturated carbocycles. The lowest BCUT2D eigenvalue weighted by Crippen LogP contribution is -2.43. The number of hydrogen-bond donors (Lipinski definition) is 2. The molecule has 7 nitrogen and oxygen atoms in total. The van der Waals surface area contributed by atoms with E-state index in [1.807, 2.05) is 4.72 Å². The Morgan fingerprint density at radius 1 is 1.56 bits per heavy atom. The summed E-state index contributed by atoms with van der Waals surface area (Å²) >= 11 is 0. The van der Waals surface area contributed by atoms with Crippen LogP contribution in [0.3, 0.4) is 0 Å². The fraction of sp³-hybridized carbons (Fsp3) is 0.500. The maximum Gasteiger partial charge on any atom is 0.322 e. The first-order valence-corrected chi connectivity index (χ1v) is 5.88. The zero-order valence-corrected chi connectivity index (χ0v) is 9.49. The molecule has 0 amide bonds. The SMILES string of the molecule is C=CCS(=O)(=O)N[C@@H](CC(=O)OC)C(=O)O. The number of esters is 1. The quantitative estimate of drug-likeness (QED) is 0.448. The van der Waals surface area contributed by atoms with Gasteiger partial charge in [-0.15, -0.1) is 6.58 Å². The van der Waals surface area contributed by atoms with Crippen LogP contribution in [0.5, 0.6) is 0 Å². The molecular formula is C8H13NO6S. The van der Waals surface area contributed by atoms with Gasteiger partial charge in [-0.1, -0.05) is 6.08 Å². The third-order valence-electron chi connectivity index (χ3n) is 1.56. The predicted octanol–water partition coefficient (Wildman–Crippen LogP) is -0.892. The Labute approximate surface area is 93.1 Å². The Bertz CT molecular complexity index is 374. The van der Waals surface area contributed by atoms with Crippen LogP contribution in [0.2, 0.25) is 0 Å². The van der Waals surface area contributed by atoms with Gasteiger partial charge >= 0.3 is 11.9 Å². The van der Waals surface area contributed by atoms with Gasteiger partial charge in [0.25, 0.3) is 0 Å². The summed E-state index contributed by atoms with van der Waals surface area (Å²) in [6.07, 6.45) is 0.543. The van der Waals surface area contributed by atoms with Crippen molar-refractivity contribution in [3.8, 4) is 0 Å².